The topological polar surface area (TPSA) is 71.6 Å². The van der Waals surface area contributed by atoms with Gasteiger partial charge < -0.3 is 14.2 Å². The largest absolute Gasteiger partial charge is 0.420 e. The lowest BCUT2D eigenvalue weighted by molar-refractivity contribution is -0.137. The molecule has 10 heteroatoms. The van der Waals surface area contributed by atoms with E-state index < -0.39 is 17.5 Å². The van der Waals surface area contributed by atoms with E-state index in [9.17, 15) is 22.8 Å². The molecule has 2 unspecified atom stereocenters. The number of carbonyl (C=O) groups excluding carboxylic acids is 1. The standard InChI is InChI=1S/C21H19F3N4O3/c22-21(23,24)15-5-6-18(25-7-15)26-8-13-10-27(11-14(13)9-26)19(29)12-28-16-3-1-2-4-17(16)31-20(28)30/h1-7,13-14H,8-12H2. The smallest absolute Gasteiger partial charge is 0.408 e. The highest BCUT2D eigenvalue weighted by atomic mass is 19.4. The minimum absolute atomic E-state index is 0.0839. The number of carbonyl (C=O) groups is 1. The van der Waals surface area contributed by atoms with Crippen LogP contribution in [-0.2, 0) is 17.5 Å². The molecule has 31 heavy (non-hydrogen) atoms. The summed E-state index contributed by atoms with van der Waals surface area (Å²) in [4.78, 5) is 32.6. The first-order valence-electron chi connectivity index (χ1n) is 9.94. The first-order chi connectivity index (χ1) is 14.8. The Kier molecular flexibility index (Phi) is 4.53. The molecule has 0 saturated carbocycles. The number of amides is 1. The van der Waals surface area contributed by atoms with Crippen LogP contribution in [0.15, 0.2) is 51.8 Å². The maximum Gasteiger partial charge on any atom is 0.420 e. The summed E-state index contributed by atoms with van der Waals surface area (Å²) in [6.07, 6.45) is -3.55. The van der Waals surface area contributed by atoms with Crippen molar-refractivity contribution in [1.29, 1.82) is 0 Å². The monoisotopic (exact) mass is 432 g/mol. The van der Waals surface area contributed by atoms with Crippen LogP contribution in [0.3, 0.4) is 0 Å². The zero-order valence-corrected chi connectivity index (χ0v) is 16.4. The number of aromatic nitrogens is 2. The molecule has 1 aromatic carbocycles. The van der Waals surface area contributed by atoms with Gasteiger partial charge in [-0.15, -0.1) is 0 Å². The van der Waals surface area contributed by atoms with Gasteiger partial charge in [0.05, 0.1) is 11.1 Å². The van der Waals surface area contributed by atoms with E-state index in [0.29, 0.717) is 43.1 Å². The number of likely N-dealkylation sites (tertiary alicyclic amines) is 1. The van der Waals surface area contributed by atoms with Gasteiger partial charge in [-0.1, -0.05) is 12.1 Å². The first kappa shape index (κ1) is 19.7. The number of oxazole rings is 1. The summed E-state index contributed by atoms with van der Waals surface area (Å²) in [6.45, 7) is 2.26. The Morgan fingerprint density at radius 2 is 1.77 bits per heavy atom. The van der Waals surface area contributed by atoms with E-state index in [1.807, 2.05) is 4.90 Å². The summed E-state index contributed by atoms with van der Waals surface area (Å²) in [5.74, 6) is 0.226. The van der Waals surface area contributed by atoms with Crippen LogP contribution in [0, 0.1) is 11.8 Å². The van der Waals surface area contributed by atoms with Gasteiger partial charge in [0, 0.05) is 44.2 Å². The summed E-state index contributed by atoms with van der Waals surface area (Å²) in [5, 5.41) is 0. The number of pyridine rings is 1. The highest BCUT2D eigenvalue weighted by Gasteiger charge is 2.42. The first-order valence-corrected chi connectivity index (χ1v) is 9.94. The molecule has 0 N–H and O–H groups in total. The molecule has 162 valence electrons. The molecule has 0 bridgehead atoms. The summed E-state index contributed by atoms with van der Waals surface area (Å²) >= 11 is 0. The maximum absolute atomic E-state index is 12.8. The molecular formula is C21H19F3N4O3. The van der Waals surface area contributed by atoms with E-state index in [4.69, 9.17) is 4.42 Å². The van der Waals surface area contributed by atoms with Crippen LogP contribution < -0.4 is 10.7 Å². The van der Waals surface area contributed by atoms with Crippen LogP contribution >= 0.6 is 0 Å². The van der Waals surface area contributed by atoms with Crippen molar-refractivity contribution >= 4 is 22.8 Å². The quantitative estimate of drug-likeness (QED) is 0.636. The van der Waals surface area contributed by atoms with Crippen molar-refractivity contribution in [3.8, 4) is 0 Å². The third kappa shape index (κ3) is 3.55. The van der Waals surface area contributed by atoms with Crippen LogP contribution in [0.4, 0.5) is 19.0 Å². The Balaban J connectivity index is 1.23. The minimum atomic E-state index is -4.41. The van der Waals surface area contributed by atoms with Crippen molar-refractivity contribution in [3.05, 3.63) is 58.7 Å². The number of benzene rings is 1. The molecule has 2 aliphatic rings. The molecule has 0 spiro atoms. The number of hydrogen-bond donors (Lipinski definition) is 0. The van der Waals surface area contributed by atoms with Crippen molar-refractivity contribution in [2.45, 2.75) is 12.7 Å². The lowest BCUT2D eigenvalue weighted by atomic mass is 10.0. The number of alkyl halides is 3. The average molecular weight is 432 g/mol. The van der Waals surface area contributed by atoms with Crippen molar-refractivity contribution < 1.29 is 22.4 Å². The van der Waals surface area contributed by atoms with Crippen molar-refractivity contribution in [3.63, 3.8) is 0 Å². The van der Waals surface area contributed by atoms with Crippen molar-refractivity contribution in [1.82, 2.24) is 14.5 Å². The van der Waals surface area contributed by atoms with Gasteiger partial charge in [0.15, 0.2) is 5.58 Å². The van der Waals surface area contributed by atoms with Gasteiger partial charge in [0.25, 0.3) is 0 Å². The Hall–Kier alpha value is -3.30. The fraction of sp³-hybridized carbons (Fsp3) is 0.381. The molecule has 1 amide bonds. The van der Waals surface area contributed by atoms with E-state index in [1.165, 1.54) is 10.6 Å². The number of rotatable bonds is 3. The normalized spacial score (nSPS) is 21.1. The Labute approximate surface area is 174 Å². The summed E-state index contributed by atoms with van der Waals surface area (Å²) < 4.78 is 44.7. The predicted molar refractivity (Wildman–Crippen MR) is 105 cm³/mol. The molecule has 2 fully saturated rings. The molecule has 3 aromatic rings. The second kappa shape index (κ2) is 7.14. The number of halogens is 3. The number of para-hydroxylation sites is 2. The summed E-state index contributed by atoms with van der Waals surface area (Å²) in [7, 11) is 0. The van der Waals surface area contributed by atoms with E-state index in [1.54, 1.807) is 29.2 Å². The van der Waals surface area contributed by atoms with E-state index in [-0.39, 0.29) is 24.3 Å². The number of nitrogens with zero attached hydrogens (tertiary/aromatic N) is 4. The lowest BCUT2D eigenvalue weighted by Gasteiger charge is -2.22. The van der Waals surface area contributed by atoms with E-state index in [2.05, 4.69) is 4.98 Å². The second-order valence-corrected chi connectivity index (χ2v) is 8.05. The number of anilines is 1. The molecule has 2 aliphatic heterocycles. The van der Waals surface area contributed by atoms with Gasteiger partial charge in [-0.2, -0.15) is 13.2 Å². The van der Waals surface area contributed by atoms with Crippen LogP contribution in [0.5, 0.6) is 0 Å². The molecule has 2 saturated heterocycles. The third-order valence-corrected chi connectivity index (χ3v) is 6.11. The Morgan fingerprint density at radius 1 is 1.06 bits per heavy atom. The molecule has 2 aromatic heterocycles. The van der Waals surface area contributed by atoms with Gasteiger partial charge in [-0.25, -0.2) is 9.78 Å². The summed E-state index contributed by atoms with van der Waals surface area (Å²) in [5.41, 5.74) is 0.257. The molecular weight excluding hydrogens is 413 g/mol. The van der Waals surface area contributed by atoms with Crippen LogP contribution in [0.2, 0.25) is 0 Å². The van der Waals surface area contributed by atoms with Crippen molar-refractivity contribution in [2.24, 2.45) is 11.8 Å². The zero-order chi connectivity index (χ0) is 21.8. The van der Waals surface area contributed by atoms with Gasteiger partial charge in [0.2, 0.25) is 5.91 Å². The fourth-order valence-electron chi connectivity index (χ4n) is 4.52. The van der Waals surface area contributed by atoms with Crippen molar-refractivity contribution in [2.75, 3.05) is 31.1 Å². The van der Waals surface area contributed by atoms with Crippen LogP contribution in [0.1, 0.15) is 5.56 Å². The number of fused-ring (bicyclic) bond motifs is 2. The highest BCUT2D eigenvalue weighted by Crippen LogP contribution is 2.35. The van der Waals surface area contributed by atoms with Gasteiger partial charge in [-0.05, 0) is 24.3 Å². The molecule has 7 nitrogen and oxygen atoms in total. The predicted octanol–water partition coefficient (Wildman–Crippen LogP) is 2.60. The molecule has 0 radical (unpaired) electrons. The van der Waals surface area contributed by atoms with E-state index >= 15 is 0 Å². The van der Waals surface area contributed by atoms with Crippen LogP contribution in [-0.4, -0.2) is 46.5 Å². The van der Waals surface area contributed by atoms with Gasteiger partial charge >= 0.3 is 11.9 Å². The summed E-state index contributed by atoms with van der Waals surface area (Å²) in [6, 6.07) is 9.39. The fourth-order valence-corrected chi connectivity index (χ4v) is 4.52. The SMILES string of the molecule is O=C(Cn1c(=O)oc2ccccc21)N1CC2CN(c3ccc(C(F)(F)F)cn3)CC2C1. The lowest BCUT2D eigenvalue weighted by Crippen LogP contribution is -2.36. The molecule has 2 atom stereocenters. The second-order valence-electron chi connectivity index (χ2n) is 8.05. The molecule has 4 heterocycles. The third-order valence-electron chi connectivity index (χ3n) is 6.11. The minimum Gasteiger partial charge on any atom is -0.408 e. The Morgan fingerprint density at radius 3 is 2.42 bits per heavy atom. The molecule has 5 rings (SSSR count). The highest BCUT2D eigenvalue weighted by molar-refractivity contribution is 5.80. The van der Waals surface area contributed by atoms with E-state index in [0.717, 1.165) is 12.3 Å². The maximum atomic E-state index is 12.8. The number of hydrogen-bond acceptors (Lipinski definition) is 5. The Bertz CT molecular complexity index is 1170. The van der Waals surface area contributed by atoms with Gasteiger partial charge in [0.1, 0.15) is 12.4 Å². The van der Waals surface area contributed by atoms with Crippen LogP contribution in [0.25, 0.3) is 11.1 Å². The van der Waals surface area contributed by atoms with Gasteiger partial charge in [-0.3, -0.25) is 9.36 Å². The molecule has 0 aliphatic carbocycles. The zero-order valence-electron chi connectivity index (χ0n) is 16.4. The average Bonchev–Trinajstić information content (AvgIpc) is 3.39.